The van der Waals surface area contributed by atoms with Gasteiger partial charge in [0.15, 0.2) is 0 Å². The van der Waals surface area contributed by atoms with Crippen molar-refractivity contribution in [3.63, 3.8) is 0 Å². The van der Waals surface area contributed by atoms with Crippen molar-refractivity contribution in [2.75, 3.05) is 26.2 Å². The molecule has 2 saturated heterocycles. The van der Waals surface area contributed by atoms with Crippen LogP contribution in [0.25, 0.3) is 0 Å². The third-order valence-corrected chi connectivity index (χ3v) is 3.46. The number of piperidine rings is 1. The highest BCUT2D eigenvalue weighted by Crippen LogP contribution is 2.12. The van der Waals surface area contributed by atoms with E-state index in [1.165, 1.54) is 58.3 Å². The van der Waals surface area contributed by atoms with Crippen molar-refractivity contribution in [1.29, 1.82) is 0 Å². The zero-order chi connectivity index (χ0) is 14.8. The summed E-state index contributed by atoms with van der Waals surface area (Å²) in [6, 6.07) is 0.803. The Morgan fingerprint density at radius 1 is 1.05 bits per heavy atom. The molecule has 2 aliphatic rings. The first-order valence-electron chi connectivity index (χ1n) is 7.17. The molecule has 20 heavy (non-hydrogen) atoms. The lowest BCUT2D eigenvalue weighted by atomic mass is 10.0. The first kappa shape index (κ1) is 16.7. The minimum atomic E-state index is -1.26. The largest absolute Gasteiger partial charge is 0.478 e. The smallest absolute Gasteiger partial charge is 0.328 e. The van der Waals surface area contributed by atoms with Gasteiger partial charge in [-0.3, -0.25) is 0 Å². The summed E-state index contributed by atoms with van der Waals surface area (Å²) in [6.07, 6.45) is 8.18. The van der Waals surface area contributed by atoms with Crippen LogP contribution in [-0.2, 0) is 9.59 Å². The summed E-state index contributed by atoms with van der Waals surface area (Å²) in [5.74, 6) is -2.51. The number of nitrogens with one attached hydrogen (secondary N) is 1. The quantitative estimate of drug-likeness (QED) is 0.666. The molecule has 2 heterocycles. The van der Waals surface area contributed by atoms with Crippen molar-refractivity contribution in [1.82, 2.24) is 10.2 Å². The van der Waals surface area contributed by atoms with E-state index in [1.807, 2.05) is 0 Å². The first-order valence-corrected chi connectivity index (χ1v) is 7.17. The van der Waals surface area contributed by atoms with E-state index in [4.69, 9.17) is 10.2 Å². The molecular weight excluding hydrogens is 260 g/mol. The lowest BCUT2D eigenvalue weighted by Gasteiger charge is -2.27. The number of nitrogens with zero attached hydrogens (tertiary/aromatic N) is 1. The average molecular weight is 284 g/mol. The molecule has 6 nitrogen and oxygen atoms in total. The number of hydrogen-bond donors (Lipinski definition) is 3. The maximum absolute atomic E-state index is 9.55. The van der Waals surface area contributed by atoms with Crippen molar-refractivity contribution in [2.24, 2.45) is 0 Å². The first-order chi connectivity index (χ1) is 9.58. The highest BCUT2D eigenvalue weighted by molar-refractivity contribution is 5.89. The number of carboxylic acid groups (broad SMARTS) is 2. The Balaban J connectivity index is 0.000000221. The van der Waals surface area contributed by atoms with E-state index < -0.39 is 11.9 Å². The molecule has 0 aliphatic carbocycles. The van der Waals surface area contributed by atoms with Gasteiger partial charge in [-0.25, -0.2) is 9.59 Å². The standard InChI is InChI=1S/C10H20N2.C4H4O4/c1-2-6-11-10(5-1)9-12-7-3-4-8-12;5-3(6)1-2-4(7)8/h10-11H,1-9H2;1-2H,(H,5,6)(H,7,8). The molecule has 0 aromatic heterocycles. The van der Waals surface area contributed by atoms with Crippen LogP contribution in [0.4, 0.5) is 0 Å². The van der Waals surface area contributed by atoms with Crippen LogP contribution in [0, 0.1) is 0 Å². The molecule has 114 valence electrons. The van der Waals surface area contributed by atoms with E-state index >= 15 is 0 Å². The molecule has 0 aromatic rings. The number of aliphatic carboxylic acids is 2. The number of hydrogen-bond acceptors (Lipinski definition) is 4. The van der Waals surface area contributed by atoms with Crippen molar-refractivity contribution in [2.45, 2.75) is 38.1 Å². The summed E-state index contributed by atoms with van der Waals surface area (Å²) < 4.78 is 0. The Morgan fingerprint density at radius 2 is 1.65 bits per heavy atom. The van der Waals surface area contributed by atoms with Crippen molar-refractivity contribution in [3.8, 4) is 0 Å². The van der Waals surface area contributed by atoms with Gasteiger partial charge in [-0.15, -0.1) is 0 Å². The lowest BCUT2D eigenvalue weighted by Crippen LogP contribution is -2.42. The molecular formula is C14H24N2O4. The van der Waals surface area contributed by atoms with Gasteiger partial charge in [0.25, 0.3) is 0 Å². The Labute approximate surface area is 119 Å². The lowest BCUT2D eigenvalue weighted by molar-refractivity contribution is -0.134. The number of carboxylic acids is 2. The fraction of sp³-hybridized carbons (Fsp3) is 0.714. The monoisotopic (exact) mass is 284 g/mol. The van der Waals surface area contributed by atoms with Gasteiger partial charge < -0.3 is 20.4 Å². The van der Waals surface area contributed by atoms with Crippen molar-refractivity contribution >= 4 is 11.9 Å². The van der Waals surface area contributed by atoms with Gasteiger partial charge in [-0.1, -0.05) is 6.42 Å². The molecule has 0 amide bonds. The topological polar surface area (TPSA) is 89.9 Å². The van der Waals surface area contributed by atoms with Crippen molar-refractivity contribution < 1.29 is 19.8 Å². The Bertz CT molecular complexity index is 316. The fourth-order valence-electron chi connectivity index (χ4n) is 2.50. The molecule has 0 bridgehead atoms. The van der Waals surface area contributed by atoms with E-state index in [0.717, 1.165) is 6.04 Å². The van der Waals surface area contributed by atoms with E-state index in [1.54, 1.807) is 0 Å². The fourth-order valence-corrected chi connectivity index (χ4v) is 2.50. The van der Waals surface area contributed by atoms with Gasteiger partial charge in [0.1, 0.15) is 0 Å². The van der Waals surface area contributed by atoms with Gasteiger partial charge in [0.2, 0.25) is 0 Å². The summed E-state index contributed by atoms with van der Waals surface area (Å²) >= 11 is 0. The molecule has 1 unspecified atom stereocenters. The van der Waals surface area contributed by atoms with Gasteiger partial charge >= 0.3 is 11.9 Å². The van der Waals surface area contributed by atoms with E-state index in [-0.39, 0.29) is 0 Å². The summed E-state index contributed by atoms with van der Waals surface area (Å²) in [7, 11) is 0. The summed E-state index contributed by atoms with van der Waals surface area (Å²) in [5, 5.41) is 19.2. The molecule has 1 atom stereocenters. The molecule has 0 aromatic carbocycles. The minimum absolute atomic E-state index is 0.558. The van der Waals surface area contributed by atoms with Gasteiger partial charge in [-0.2, -0.15) is 0 Å². The molecule has 6 heteroatoms. The van der Waals surface area contributed by atoms with Crippen LogP contribution in [0.1, 0.15) is 32.1 Å². The third-order valence-electron chi connectivity index (χ3n) is 3.46. The third kappa shape index (κ3) is 7.91. The van der Waals surface area contributed by atoms with Gasteiger partial charge in [0, 0.05) is 24.7 Å². The summed E-state index contributed by atoms with van der Waals surface area (Å²) in [6.45, 7) is 5.24. The zero-order valence-corrected chi connectivity index (χ0v) is 11.8. The minimum Gasteiger partial charge on any atom is -0.478 e. The predicted octanol–water partition coefficient (Wildman–Crippen LogP) is 0.936. The highest BCUT2D eigenvalue weighted by Gasteiger charge is 2.18. The van der Waals surface area contributed by atoms with Crippen molar-refractivity contribution in [3.05, 3.63) is 12.2 Å². The highest BCUT2D eigenvalue weighted by atomic mass is 16.4. The SMILES string of the molecule is C1CCC(CN2CCCC2)NC1.O=C(O)C=CC(=O)O. The van der Waals surface area contributed by atoms with Gasteiger partial charge in [0.05, 0.1) is 0 Å². The molecule has 2 rings (SSSR count). The second kappa shape index (κ2) is 9.50. The molecule has 2 fully saturated rings. The molecule has 0 radical (unpaired) electrons. The van der Waals surface area contributed by atoms with E-state index in [9.17, 15) is 9.59 Å². The summed E-state index contributed by atoms with van der Waals surface area (Å²) in [4.78, 5) is 21.7. The van der Waals surface area contributed by atoms with Crippen LogP contribution >= 0.6 is 0 Å². The van der Waals surface area contributed by atoms with Crippen LogP contribution in [0.15, 0.2) is 12.2 Å². The molecule has 2 aliphatic heterocycles. The molecule has 0 saturated carbocycles. The van der Waals surface area contributed by atoms with E-state index in [2.05, 4.69) is 10.2 Å². The van der Waals surface area contributed by atoms with E-state index in [0.29, 0.717) is 12.2 Å². The Kier molecular flexibility index (Phi) is 7.91. The molecule has 3 N–H and O–H groups in total. The second-order valence-electron chi connectivity index (χ2n) is 5.16. The molecule has 0 spiro atoms. The number of carbonyl (C=O) groups is 2. The number of rotatable bonds is 4. The van der Waals surface area contributed by atoms with Crippen LogP contribution in [0.2, 0.25) is 0 Å². The van der Waals surface area contributed by atoms with Gasteiger partial charge in [-0.05, 0) is 45.3 Å². The maximum atomic E-state index is 9.55. The van der Waals surface area contributed by atoms with Crippen LogP contribution in [0.3, 0.4) is 0 Å². The Hall–Kier alpha value is -1.40. The van der Waals surface area contributed by atoms with Crippen LogP contribution in [0.5, 0.6) is 0 Å². The Morgan fingerprint density at radius 3 is 2.10 bits per heavy atom. The van der Waals surface area contributed by atoms with Crippen LogP contribution in [-0.4, -0.2) is 59.3 Å². The second-order valence-corrected chi connectivity index (χ2v) is 5.16. The zero-order valence-electron chi connectivity index (χ0n) is 11.8. The number of likely N-dealkylation sites (tertiary alicyclic amines) is 1. The predicted molar refractivity (Wildman–Crippen MR) is 75.7 cm³/mol. The average Bonchev–Trinajstić information content (AvgIpc) is 2.91. The maximum Gasteiger partial charge on any atom is 0.328 e. The van der Waals surface area contributed by atoms with Crippen LogP contribution < -0.4 is 5.32 Å². The normalized spacial score (nSPS) is 23.3. The summed E-state index contributed by atoms with van der Waals surface area (Å²) in [5.41, 5.74) is 0.